The Kier molecular flexibility index (Phi) is 4.61. The molecule has 1 spiro atoms. The van der Waals surface area contributed by atoms with Crippen LogP contribution in [-0.2, 0) is 9.53 Å². The molecule has 3 fully saturated rings. The first-order valence-electron chi connectivity index (χ1n) is 8.15. The van der Waals surface area contributed by atoms with Crippen LogP contribution in [0.15, 0.2) is 0 Å². The number of rotatable bonds is 2. The lowest BCUT2D eigenvalue weighted by atomic mass is 9.67. The van der Waals surface area contributed by atoms with Gasteiger partial charge in [0, 0.05) is 6.61 Å². The highest BCUT2D eigenvalue weighted by Gasteiger charge is 2.44. The number of aliphatic carboxylic acids is 1. The summed E-state index contributed by atoms with van der Waals surface area (Å²) >= 11 is 2.03. The Morgan fingerprint density at radius 3 is 2.65 bits per heavy atom. The lowest BCUT2D eigenvalue weighted by Gasteiger charge is -2.47. The molecule has 0 radical (unpaired) electrons. The smallest absolute Gasteiger partial charge is 0.306 e. The summed E-state index contributed by atoms with van der Waals surface area (Å²) < 4.78 is 6.16. The van der Waals surface area contributed by atoms with Crippen molar-refractivity contribution in [1.82, 2.24) is 0 Å². The van der Waals surface area contributed by atoms with Gasteiger partial charge in [-0.05, 0) is 61.9 Å². The fourth-order valence-corrected chi connectivity index (χ4v) is 5.79. The average Bonchev–Trinajstić information content (AvgIpc) is 2.48. The number of carbonyl (C=O) groups is 1. The zero-order chi connectivity index (χ0) is 14.0. The molecule has 3 aliphatic rings. The number of hydrogen-bond acceptors (Lipinski definition) is 3. The number of ether oxygens (including phenoxy) is 1. The van der Waals surface area contributed by atoms with Crippen LogP contribution in [-0.4, -0.2) is 34.8 Å². The van der Waals surface area contributed by atoms with E-state index in [1.807, 2.05) is 11.8 Å². The summed E-state index contributed by atoms with van der Waals surface area (Å²) in [6.45, 7) is 0.845. The lowest BCUT2D eigenvalue weighted by molar-refractivity contribution is -0.151. The van der Waals surface area contributed by atoms with Gasteiger partial charge in [0.05, 0.1) is 11.5 Å². The fourth-order valence-electron chi connectivity index (χ4n) is 4.55. The molecule has 0 aromatic heterocycles. The molecule has 3 rings (SSSR count). The van der Waals surface area contributed by atoms with Crippen LogP contribution in [0.5, 0.6) is 0 Å². The highest BCUT2D eigenvalue weighted by atomic mass is 32.2. The van der Waals surface area contributed by atoms with E-state index in [-0.39, 0.29) is 11.5 Å². The van der Waals surface area contributed by atoms with Crippen molar-refractivity contribution in [3.63, 3.8) is 0 Å². The van der Waals surface area contributed by atoms with Crippen LogP contribution in [0, 0.1) is 17.8 Å². The summed E-state index contributed by atoms with van der Waals surface area (Å²) in [7, 11) is 0. The van der Waals surface area contributed by atoms with Crippen LogP contribution in [0.25, 0.3) is 0 Å². The van der Waals surface area contributed by atoms with Gasteiger partial charge in [-0.25, -0.2) is 0 Å². The van der Waals surface area contributed by atoms with E-state index in [1.54, 1.807) is 0 Å². The Bertz CT molecular complexity index is 346. The van der Waals surface area contributed by atoms with Crippen LogP contribution >= 0.6 is 11.8 Å². The van der Waals surface area contributed by atoms with Crippen LogP contribution in [0.4, 0.5) is 0 Å². The molecule has 3 atom stereocenters. The van der Waals surface area contributed by atoms with E-state index in [0.29, 0.717) is 11.8 Å². The van der Waals surface area contributed by atoms with Crippen LogP contribution < -0.4 is 0 Å². The van der Waals surface area contributed by atoms with Crippen LogP contribution in [0.1, 0.15) is 51.4 Å². The van der Waals surface area contributed by atoms with Crippen LogP contribution in [0.2, 0.25) is 0 Å². The Balaban J connectivity index is 1.70. The fraction of sp³-hybridized carbons (Fsp3) is 0.938. The second-order valence-corrected chi connectivity index (χ2v) is 8.01. The third kappa shape index (κ3) is 3.01. The molecule has 1 aliphatic carbocycles. The van der Waals surface area contributed by atoms with Crippen molar-refractivity contribution in [3.05, 3.63) is 0 Å². The van der Waals surface area contributed by atoms with Crippen molar-refractivity contribution in [2.45, 2.75) is 57.0 Å². The zero-order valence-corrected chi connectivity index (χ0v) is 13.0. The Morgan fingerprint density at radius 1 is 1.15 bits per heavy atom. The van der Waals surface area contributed by atoms with Gasteiger partial charge in [0.15, 0.2) is 0 Å². The van der Waals surface area contributed by atoms with Gasteiger partial charge < -0.3 is 9.84 Å². The van der Waals surface area contributed by atoms with E-state index in [2.05, 4.69) is 0 Å². The lowest BCUT2D eigenvalue weighted by Crippen LogP contribution is -2.46. The van der Waals surface area contributed by atoms with Crippen molar-refractivity contribution in [3.8, 4) is 0 Å². The standard InChI is InChI=1S/C16H26O3S/c17-15(18)14-4-2-1-3-13(14)12-5-8-19-16(11-12)6-9-20-10-7-16/h12-14H,1-11H2,(H,17,18). The topological polar surface area (TPSA) is 46.5 Å². The first-order chi connectivity index (χ1) is 9.70. The molecule has 114 valence electrons. The van der Waals surface area contributed by atoms with Gasteiger partial charge >= 0.3 is 5.97 Å². The molecule has 1 N–H and O–H groups in total. The normalized spacial score (nSPS) is 37.7. The Hall–Kier alpha value is -0.220. The zero-order valence-electron chi connectivity index (χ0n) is 12.2. The van der Waals surface area contributed by atoms with Crippen molar-refractivity contribution in [2.75, 3.05) is 18.1 Å². The van der Waals surface area contributed by atoms with Gasteiger partial charge in [0.2, 0.25) is 0 Å². The Labute approximate surface area is 125 Å². The van der Waals surface area contributed by atoms with Gasteiger partial charge in [-0.2, -0.15) is 11.8 Å². The summed E-state index contributed by atoms with van der Waals surface area (Å²) in [5.74, 6) is 2.74. The minimum absolute atomic E-state index is 0.0919. The summed E-state index contributed by atoms with van der Waals surface area (Å²) in [6.07, 6.45) is 8.84. The van der Waals surface area contributed by atoms with Crippen molar-refractivity contribution < 1.29 is 14.6 Å². The second kappa shape index (κ2) is 6.27. The van der Waals surface area contributed by atoms with Crippen molar-refractivity contribution in [2.24, 2.45) is 17.8 Å². The molecule has 2 saturated heterocycles. The molecule has 4 heteroatoms. The SMILES string of the molecule is O=C(O)C1CCCCC1C1CCOC2(CCSCC2)C1. The molecule has 0 bridgehead atoms. The van der Waals surface area contributed by atoms with Crippen molar-refractivity contribution >= 4 is 17.7 Å². The summed E-state index contributed by atoms with van der Waals surface area (Å²) in [4.78, 5) is 11.5. The highest BCUT2D eigenvalue weighted by Crippen LogP contribution is 2.46. The molecule has 1 saturated carbocycles. The van der Waals surface area contributed by atoms with Gasteiger partial charge in [-0.15, -0.1) is 0 Å². The maximum absolute atomic E-state index is 11.5. The van der Waals surface area contributed by atoms with Crippen LogP contribution in [0.3, 0.4) is 0 Å². The molecule has 3 unspecified atom stereocenters. The first kappa shape index (κ1) is 14.7. The summed E-state index contributed by atoms with van der Waals surface area (Å²) in [5.41, 5.74) is 0.0919. The summed E-state index contributed by atoms with van der Waals surface area (Å²) in [6, 6.07) is 0. The molecule has 0 aromatic carbocycles. The maximum Gasteiger partial charge on any atom is 0.306 e. The molecule has 0 amide bonds. The third-order valence-electron chi connectivity index (χ3n) is 5.68. The first-order valence-corrected chi connectivity index (χ1v) is 9.30. The van der Waals surface area contributed by atoms with E-state index in [1.165, 1.54) is 30.8 Å². The van der Waals surface area contributed by atoms with E-state index < -0.39 is 5.97 Å². The van der Waals surface area contributed by atoms with E-state index >= 15 is 0 Å². The predicted molar refractivity (Wildman–Crippen MR) is 81.0 cm³/mol. The molecule has 20 heavy (non-hydrogen) atoms. The van der Waals surface area contributed by atoms with E-state index in [9.17, 15) is 9.90 Å². The number of carboxylic acid groups (broad SMARTS) is 1. The summed E-state index contributed by atoms with van der Waals surface area (Å²) in [5, 5.41) is 9.51. The molecule has 0 aromatic rings. The van der Waals surface area contributed by atoms with Gasteiger partial charge in [0.1, 0.15) is 0 Å². The Morgan fingerprint density at radius 2 is 1.90 bits per heavy atom. The number of hydrogen-bond donors (Lipinski definition) is 1. The average molecular weight is 298 g/mol. The highest BCUT2D eigenvalue weighted by molar-refractivity contribution is 7.99. The minimum Gasteiger partial charge on any atom is -0.481 e. The molecule has 2 heterocycles. The molecular weight excluding hydrogens is 272 g/mol. The predicted octanol–water partition coefficient (Wildman–Crippen LogP) is 3.57. The number of thioether (sulfide) groups is 1. The monoisotopic (exact) mass is 298 g/mol. The quantitative estimate of drug-likeness (QED) is 0.846. The molecule has 3 nitrogen and oxygen atoms in total. The molecular formula is C16H26O3S. The largest absolute Gasteiger partial charge is 0.481 e. The van der Waals surface area contributed by atoms with Gasteiger partial charge in [-0.1, -0.05) is 12.8 Å². The maximum atomic E-state index is 11.5. The second-order valence-electron chi connectivity index (χ2n) is 6.79. The third-order valence-corrected chi connectivity index (χ3v) is 6.66. The van der Waals surface area contributed by atoms with Crippen molar-refractivity contribution in [1.29, 1.82) is 0 Å². The minimum atomic E-state index is -0.561. The van der Waals surface area contributed by atoms with Gasteiger partial charge in [0.25, 0.3) is 0 Å². The van der Waals surface area contributed by atoms with E-state index in [0.717, 1.165) is 38.7 Å². The van der Waals surface area contributed by atoms with Gasteiger partial charge in [-0.3, -0.25) is 4.79 Å². The number of carboxylic acids is 1. The molecule has 2 aliphatic heterocycles. The van der Waals surface area contributed by atoms with E-state index in [4.69, 9.17) is 4.74 Å².